The van der Waals surface area contributed by atoms with E-state index in [2.05, 4.69) is 15.2 Å². The summed E-state index contributed by atoms with van der Waals surface area (Å²) in [7, 11) is -4.19. The van der Waals surface area contributed by atoms with Gasteiger partial charge in [0, 0.05) is 12.1 Å². The minimum atomic E-state index is -4.19. The monoisotopic (exact) mass is 442 g/mol. The lowest BCUT2D eigenvalue weighted by atomic mass is 10.2. The van der Waals surface area contributed by atoms with E-state index in [0.29, 0.717) is 16.8 Å². The van der Waals surface area contributed by atoms with Crippen molar-refractivity contribution < 1.29 is 23.6 Å². The van der Waals surface area contributed by atoms with E-state index < -0.39 is 20.6 Å². The third-order valence-electron chi connectivity index (χ3n) is 4.25. The average Bonchev–Trinajstić information content (AvgIpc) is 2.72. The quantitative estimate of drug-likeness (QED) is 0.189. The Morgan fingerprint density at radius 1 is 1.00 bits per heavy atom. The number of nitrogens with zero attached hydrogens (tertiary/aromatic N) is 2. The molecule has 3 rings (SSSR count). The van der Waals surface area contributed by atoms with Crippen LogP contribution in [0.2, 0.25) is 0 Å². The normalized spacial score (nSPS) is 11.4. The highest BCUT2D eigenvalue weighted by Crippen LogP contribution is 2.29. The van der Waals surface area contributed by atoms with Crippen LogP contribution in [-0.2, 0) is 10.0 Å². The number of hydrogen-bond acceptors (Lipinski definition) is 8. The van der Waals surface area contributed by atoms with Gasteiger partial charge in [0.15, 0.2) is 11.5 Å². The molecule has 0 aliphatic rings. The van der Waals surface area contributed by atoms with Crippen LogP contribution in [0.5, 0.6) is 11.5 Å². The zero-order valence-electron chi connectivity index (χ0n) is 16.2. The molecular weight excluding hydrogens is 424 g/mol. The fourth-order valence-corrected chi connectivity index (χ4v) is 3.93. The summed E-state index contributed by atoms with van der Waals surface area (Å²) >= 11 is 0. The van der Waals surface area contributed by atoms with Crippen LogP contribution in [-0.4, -0.2) is 29.8 Å². The molecule has 0 aliphatic carbocycles. The van der Waals surface area contributed by atoms with Crippen molar-refractivity contribution in [1.82, 2.24) is 0 Å². The summed E-state index contributed by atoms with van der Waals surface area (Å²) in [6, 6.07) is 14.0. The lowest BCUT2D eigenvalue weighted by Gasteiger charge is -2.13. The van der Waals surface area contributed by atoms with Gasteiger partial charge in [0.2, 0.25) is 0 Å². The van der Waals surface area contributed by atoms with E-state index in [1.54, 1.807) is 31.2 Å². The lowest BCUT2D eigenvalue weighted by Crippen LogP contribution is -2.15. The van der Waals surface area contributed by atoms with Gasteiger partial charge in [-0.2, -0.15) is 5.10 Å². The Hall–Kier alpha value is -4.12. The van der Waals surface area contributed by atoms with Crippen LogP contribution >= 0.6 is 0 Å². The van der Waals surface area contributed by atoms with Crippen molar-refractivity contribution in [3.05, 3.63) is 81.9 Å². The number of aromatic hydroxyl groups is 2. The van der Waals surface area contributed by atoms with Crippen molar-refractivity contribution in [3.8, 4) is 11.5 Å². The molecule has 0 radical (unpaired) electrons. The van der Waals surface area contributed by atoms with E-state index >= 15 is 0 Å². The van der Waals surface area contributed by atoms with E-state index in [-0.39, 0.29) is 22.1 Å². The Balaban J connectivity index is 1.95. The molecule has 31 heavy (non-hydrogen) atoms. The Morgan fingerprint density at radius 3 is 2.42 bits per heavy atom. The average molecular weight is 442 g/mol. The number of phenols is 2. The smallest absolute Gasteiger partial charge is 0.270 e. The Labute approximate surface area is 177 Å². The summed E-state index contributed by atoms with van der Waals surface area (Å²) in [6.45, 7) is 1.72. The van der Waals surface area contributed by atoms with Gasteiger partial charge in [-0.15, -0.1) is 0 Å². The van der Waals surface area contributed by atoms with Gasteiger partial charge >= 0.3 is 0 Å². The Kier molecular flexibility index (Phi) is 6.07. The number of benzene rings is 3. The molecule has 0 spiro atoms. The molecule has 0 bridgehead atoms. The van der Waals surface area contributed by atoms with Crippen LogP contribution in [0.1, 0.15) is 11.1 Å². The van der Waals surface area contributed by atoms with Gasteiger partial charge in [-0.05, 0) is 48.4 Å². The molecule has 160 valence electrons. The number of phenolic OH excluding ortho intramolecular Hbond substituents is 2. The first kappa shape index (κ1) is 21.6. The number of nitro groups is 1. The molecule has 0 atom stereocenters. The minimum Gasteiger partial charge on any atom is -0.504 e. The van der Waals surface area contributed by atoms with Crippen LogP contribution in [0.3, 0.4) is 0 Å². The lowest BCUT2D eigenvalue weighted by molar-refractivity contribution is -0.385. The maximum absolute atomic E-state index is 13.0. The van der Waals surface area contributed by atoms with E-state index in [1.807, 2.05) is 0 Å². The number of hydrogen-bond donors (Lipinski definition) is 4. The van der Waals surface area contributed by atoms with Gasteiger partial charge < -0.3 is 10.2 Å². The zero-order valence-corrected chi connectivity index (χ0v) is 17.0. The summed E-state index contributed by atoms with van der Waals surface area (Å²) in [5.41, 5.74) is 3.59. The number of nitrogens with one attached hydrogen (secondary N) is 2. The van der Waals surface area contributed by atoms with Crippen LogP contribution < -0.4 is 10.1 Å². The summed E-state index contributed by atoms with van der Waals surface area (Å²) in [4.78, 5) is 10.1. The second-order valence-electron chi connectivity index (χ2n) is 6.48. The van der Waals surface area contributed by atoms with Crippen LogP contribution in [0.15, 0.2) is 70.7 Å². The van der Waals surface area contributed by atoms with Gasteiger partial charge in [0.1, 0.15) is 4.90 Å². The van der Waals surface area contributed by atoms with Gasteiger partial charge in [-0.3, -0.25) is 20.3 Å². The van der Waals surface area contributed by atoms with Crippen LogP contribution in [0.25, 0.3) is 0 Å². The zero-order chi connectivity index (χ0) is 22.6. The van der Waals surface area contributed by atoms with E-state index in [0.717, 1.165) is 12.1 Å². The van der Waals surface area contributed by atoms with Gasteiger partial charge in [0.25, 0.3) is 15.7 Å². The third kappa shape index (κ3) is 5.08. The van der Waals surface area contributed by atoms with Crippen molar-refractivity contribution in [3.63, 3.8) is 0 Å². The fraction of sp³-hybridized carbons (Fsp3) is 0.0500. The van der Waals surface area contributed by atoms with Crippen molar-refractivity contribution >= 4 is 33.3 Å². The summed E-state index contributed by atoms with van der Waals surface area (Å²) in [5, 5.41) is 34.0. The first-order valence-electron chi connectivity index (χ1n) is 8.85. The van der Waals surface area contributed by atoms with E-state index in [9.17, 15) is 28.7 Å². The number of para-hydroxylation sites is 1. The molecule has 0 saturated heterocycles. The summed E-state index contributed by atoms with van der Waals surface area (Å²) in [6.07, 6.45) is 1.28. The minimum absolute atomic E-state index is 0.00549. The first-order chi connectivity index (χ1) is 14.7. The fourth-order valence-electron chi connectivity index (χ4n) is 2.62. The number of rotatable bonds is 7. The topological polar surface area (TPSA) is 154 Å². The molecule has 0 saturated carbocycles. The number of sulfonamides is 1. The molecule has 0 fully saturated rings. The highest BCUT2D eigenvalue weighted by molar-refractivity contribution is 7.92. The molecule has 3 aromatic carbocycles. The predicted octanol–water partition coefficient (Wildman–Crippen LogP) is 3.56. The molecule has 0 heterocycles. The van der Waals surface area contributed by atoms with Crippen molar-refractivity contribution in [2.45, 2.75) is 11.8 Å². The largest absolute Gasteiger partial charge is 0.504 e. The molecule has 0 amide bonds. The standard InChI is InChI=1S/C20H18N4O6S/c1-13-4-2-3-5-16(13)23-31(29,30)20-11-15(24(27)28)7-8-17(20)22-21-12-14-6-9-18(25)19(26)10-14/h2-12,22-23,25-26H,1H3. The van der Waals surface area contributed by atoms with Crippen molar-refractivity contribution in [1.29, 1.82) is 0 Å². The molecule has 0 aromatic heterocycles. The number of hydrazone groups is 1. The van der Waals surface area contributed by atoms with Crippen molar-refractivity contribution in [2.24, 2.45) is 5.10 Å². The highest BCUT2D eigenvalue weighted by atomic mass is 32.2. The first-order valence-corrected chi connectivity index (χ1v) is 10.3. The summed E-state index contributed by atoms with van der Waals surface area (Å²) < 4.78 is 28.4. The van der Waals surface area contributed by atoms with Crippen molar-refractivity contribution in [2.75, 3.05) is 10.1 Å². The molecule has 10 nitrogen and oxygen atoms in total. The van der Waals surface area contributed by atoms with Crippen LogP contribution in [0, 0.1) is 17.0 Å². The van der Waals surface area contributed by atoms with Crippen LogP contribution in [0.4, 0.5) is 17.1 Å². The SMILES string of the molecule is Cc1ccccc1NS(=O)(=O)c1cc([N+](=O)[O-])ccc1NN=Cc1ccc(O)c(O)c1. The molecule has 3 aromatic rings. The van der Waals surface area contributed by atoms with Gasteiger partial charge in [-0.25, -0.2) is 8.42 Å². The Morgan fingerprint density at radius 2 is 1.74 bits per heavy atom. The number of aryl methyl sites for hydroxylation is 1. The molecule has 0 aliphatic heterocycles. The maximum atomic E-state index is 13.0. The molecule has 0 unspecified atom stereocenters. The van der Waals surface area contributed by atoms with E-state index in [1.165, 1.54) is 30.5 Å². The Bertz CT molecular complexity index is 1270. The van der Waals surface area contributed by atoms with E-state index in [4.69, 9.17) is 0 Å². The number of nitro benzene ring substituents is 1. The number of anilines is 2. The van der Waals surface area contributed by atoms with Gasteiger partial charge in [0.05, 0.1) is 22.5 Å². The van der Waals surface area contributed by atoms with Gasteiger partial charge in [-0.1, -0.05) is 18.2 Å². The highest BCUT2D eigenvalue weighted by Gasteiger charge is 2.23. The maximum Gasteiger partial charge on any atom is 0.270 e. The second-order valence-corrected chi connectivity index (χ2v) is 8.13. The second kappa shape index (κ2) is 8.71. The predicted molar refractivity (Wildman–Crippen MR) is 116 cm³/mol. The molecular formula is C20H18N4O6S. The summed E-state index contributed by atoms with van der Waals surface area (Å²) in [5.74, 6) is -0.638. The molecule has 4 N–H and O–H groups in total. The number of non-ortho nitro benzene ring substituents is 1. The third-order valence-corrected chi connectivity index (χ3v) is 5.66. The molecule has 11 heteroatoms.